The molecule has 2 saturated heterocycles. The predicted octanol–water partition coefficient (Wildman–Crippen LogP) is 0.918. The van der Waals surface area contributed by atoms with Crippen molar-refractivity contribution < 1.29 is 14.2 Å². The van der Waals surface area contributed by atoms with Crippen LogP contribution in [0, 0.1) is 0 Å². The molecule has 4 rings (SSSR count). The van der Waals surface area contributed by atoms with E-state index in [9.17, 15) is 0 Å². The van der Waals surface area contributed by atoms with Gasteiger partial charge in [-0.15, -0.1) is 0 Å². The quantitative estimate of drug-likeness (QED) is 0.765. The number of anilines is 2. The van der Waals surface area contributed by atoms with Gasteiger partial charge >= 0.3 is 0 Å². The van der Waals surface area contributed by atoms with Gasteiger partial charge in [-0.1, -0.05) is 0 Å². The number of nitrogens with zero attached hydrogens (tertiary/aromatic N) is 4. The first kappa shape index (κ1) is 14.4. The SMILES string of the molecule is Clc1ncc2c(n1)N1CCOC[C@H]1CN2CCC1OCCO1. The maximum Gasteiger partial charge on any atom is 0.224 e. The van der Waals surface area contributed by atoms with Crippen LogP contribution in [0.2, 0.25) is 5.28 Å². The Labute approximate surface area is 134 Å². The van der Waals surface area contributed by atoms with E-state index in [2.05, 4.69) is 19.8 Å². The van der Waals surface area contributed by atoms with Gasteiger partial charge in [0.2, 0.25) is 5.28 Å². The number of fused-ring (bicyclic) bond motifs is 3. The molecule has 0 amide bonds. The van der Waals surface area contributed by atoms with Crippen molar-refractivity contribution in [2.45, 2.75) is 18.8 Å². The van der Waals surface area contributed by atoms with E-state index in [-0.39, 0.29) is 11.6 Å². The summed E-state index contributed by atoms with van der Waals surface area (Å²) in [4.78, 5) is 13.2. The van der Waals surface area contributed by atoms with E-state index in [1.165, 1.54) is 0 Å². The molecule has 0 spiro atoms. The van der Waals surface area contributed by atoms with Crippen LogP contribution in [-0.2, 0) is 14.2 Å². The van der Waals surface area contributed by atoms with Crippen LogP contribution in [0.1, 0.15) is 6.42 Å². The number of hydrogen-bond acceptors (Lipinski definition) is 7. The van der Waals surface area contributed by atoms with Crippen molar-refractivity contribution in [3.05, 3.63) is 11.5 Å². The average molecular weight is 327 g/mol. The molecule has 0 unspecified atom stereocenters. The van der Waals surface area contributed by atoms with Crippen LogP contribution in [0.4, 0.5) is 11.5 Å². The molecular formula is C14H19ClN4O3. The van der Waals surface area contributed by atoms with Crippen molar-refractivity contribution in [1.82, 2.24) is 9.97 Å². The minimum atomic E-state index is -0.0997. The summed E-state index contributed by atoms with van der Waals surface area (Å²) < 4.78 is 16.7. The summed E-state index contributed by atoms with van der Waals surface area (Å²) in [7, 11) is 0. The van der Waals surface area contributed by atoms with Crippen LogP contribution in [0.15, 0.2) is 6.20 Å². The first-order valence-corrected chi connectivity index (χ1v) is 8.04. The van der Waals surface area contributed by atoms with Crippen LogP contribution in [0.5, 0.6) is 0 Å². The summed E-state index contributed by atoms with van der Waals surface area (Å²) in [5.74, 6) is 0.910. The standard InChI is InChI=1S/C14H19ClN4O3/c15-14-16-7-11-13(17-14)19-3-4-20-9-10(19)8-18(11)2-1-12-21-5-6-22-12/h7,10,12H,1-6,8-9H2/t10-/m1/s1. The topological polar surface area (TPSA) is 60.0 Å². The van der Waals surface area contributed by atoms with Crippen LogP contribution in [-0.4, -0.2) is 68.4 Å². The lowest BCUT2D eigenvalue weighted by Crippen LogP contribution is -2.55. The zero-order valence-electron chi connectivity index (χ0n) is 12.3. The fourth-order valence-electron chi connectivity index (χ4n) is 3.26. The molecular weight excluding hydrogens is 308 g/mol. The minimum absolute atomic E-state index is 0.0997. The van der Waals surface area contributed by atoms with Crippen molar-refractivity contribution in [3.63, 3.8) is 0 Å². The highest BCUT2D eigenvalue weighted by molar-refractivity contribution is 6.28. The molecule has 0 aliphatic carbocycles. The van der Waals surface area contributed by atoms with Crippen molar-refractivity contribution in [3.8, 4) is 0 Å². The molecule has 1 aromatic rings. The Morgan fingerprint density at radius 1 is 1.27 bits per heavy atom. The van der Waals surface area contributed by atoms with Crippen LogP contribution >= 0.6 is 11.6 Å². The Balaban J connectivity index is 1.56. The third kappa shape index (κ3) is 2.74. The van der Waals surface area contributed by atoms with E-state index in [0.717, 1.165) is 44.2 Å². The molecule has 7 nitrogen and oxygen atoms in total. The summed E-state index contributed by atoms with van der Waals surface area (Å²) in [6, 6.07) is 0.303. The zero-order valence-corrected chi connectivity index (χ0v) is 13.0. The molecule has 3 aliphatic heterocycles. The molecule has 2 fully saturated rings. The molecule has 8 heteroatoms. The number of morpholine rings is 1. The van der Waals surface area contributed by atoms with E-state index in [1.807, 2.05) is 6.20 Å². The molecule has 4 heterocycles. The molecule has 0 aromatic carbocycles. The highest BCUT2D eigenvalue weighted by Gasteiger charge is 2.34. The van der Waals surface area contributed by atoms with E-state index in [1.54, 1.807) is 0 Å². The first-order chi connectivity index (χ1) is 10.8. The Kier molecular flexibility index (Phi) is 4.04. The number of aromatic nitrogens is 2. The minimum Gasteiger partial charge on any atom is -0.377 e. The molecule has 0 saturated carbocycles. The molecule has 0 bridgehead atoms. The van der Waals surface area contributed by atoms with E-state index >= 15 is 0 Å². The lowest BCUT2D eigenvalue weighted by molar-refractivity contribution is -0.0450. The van der Waals surface area contributed by atoms with Gasteiger partial charge in [-0.05, 0) is 11.6 Å². The Bertz CT molecular complexity index is 541. The highest BCUT2D eigenvalue weighted by atomic mass is 35.5. The van der Waals surface area contributed by atoms with Gasteiger partial charge in [-0.2, -0.15) is 4.98 Å². The largest absolute Gasteiger partial charge is 0.377 e. The monoisotopic (exact) mass is 326 g/mol. The van der Waals surface area contributed by atoms with E-state index in [0.29, 0.717) is 25.9 Å². The number of halogens is 1. The molecule has 0 N–H and O–H groups in total. The summed E-state index contributed by atoms with van der Waals surface area (Å²) in [6.07, 6.45) is 2.54. The Hall–Kier alpha value is -1.15. The third-order valence-electron chi connectivity index (χ3n) is 4.32. The normalized spacial score (nSPS) is 25.2. The van der Waals surface area contributed by atoms with Crippen molar-refractivity contribution in [1.29, 1.82) is 0 Å². The molecule has 0 radical (unpaired) electrons. The third-order valence-corrected chi connectivity index (χ3v) is 4.50. The van der Waals surface area contributed by atoms with Crippen molar-refractivity contribution in [2.24, 2.45) is 0 Å². The lowest BCUT2D eigenvalue weighted by atomic mass is 10.1. The maximum absolute atomic E-state index is 6.00. The van der Waals surface area contributed by atoms with Crippen LogP contribution in [0.25, 0.3) is 0 Å². The maximum atomic E-state index is 6.00. The highest BCUT2D eigenvalue weighted by Crippen LogP contribution is 2.35. The van der Waals surface area contributed by atoms with Gasteiger partial charge in [0, 0.05) is 26.1 Å². The summed E-state index contributed by atoms with van der Waals surface area (Å²) in [5.41, 5.74) is 1.03. The summed E-state index contributed by atoms with van der Waals surface area (Å²) >= 11 is 6.00. The zero-order chi connectivity index (χ0) is 14.9. The molecule has 120 valence electrons. The number of hydrogen-bond donors (Lipinski definition) is 0. The van der Waals surface area contributed by atoms with Gasteiger partial charge in [0.1, 0.15) is 0 Å². The molecule has 1 aromatic heterocycles. The average Bonchev–Trinajstić information content (AvgIpc) is 3.06. The fourth-order valence-corrected chi connectivity index (χ4v) is 3.39. The van der Waals surface area contributed by atoms with Gasteiger partial charge in [-0.3, -0.25) is 0 Å². The second-order valence-corrected chi connectivity index (χ2v) is 6.01. The van der Waals surface area contributed by atoms with Crippen LogP contribution < -0.4 is 9.80 Å². The Morgan fingerprint density at radius 3 is 3.00 bits per heavy atom. The molecule has 1 atom stereocenters. The smallest absolute Gasteiger partial charge is 0.224 e. The van der Waals surface area contributed by atoms with Gasteiger partial charge < -0.3 is 24.0 Å². The van der Waals surface area contributed by atoms with Gasteiger partial charge in [0.25, 0.3) is 0 Å². The molecule has 22 heavy (non-hydrogen) atoms. The van der Waals surface area contributed by atoms with Crippen molar-refractivity contribution in [2.75, 3.05) is 55.9 Å². The first-order valence-electron chi connectivity index (χ1n) is 7.66. The number of ether oxygens (including phenoxy) is 3. The second-order valence-electron chi connectivity index (χ2n) is 5.68. The Morgan fingerprint density at radius 2 is 2.14 bits per heavy atom. The molecule has 3 aliphatic rings. The van der Waals surface area contributed by atoms with Gasteiger partial charge in [0.15, 0.2) is 12.1 Å². The summed E-state index contributed by atoms with van der Waals surface area (Å²) in [5, 5.41) is 0.285. The van der Waals surface area contributed by atoms with Crippen molar-refractivity contribution >= 4 is 23.1 Å². The van der Waals surface area contributed by atoms with E-state index in [4.69, 9.17) is 25.8 Å². The van der Waals surface area contributed by atoms with E-state index < -0.39 is 0 Å². The van der Waals surface area contributed by atoms with Gasteiger partial charge in [-0.25, -0.2) is 4.98 Å². The number of rotatable bonds is 3. The lowest BCUT2D eigenvalue weighted by Gasteiger charge is -2.45. The predicted molar refractivity (Wildman–Crippen MR) is 81.5 cm³/mol. The fraction of sp³-hybridized carbons (Fsp3) is 0.714. The summed E-state index contributed by atoms with van der Waals surface area (Å²) in [6.45, 7) is 5.38. The second kappa shape index (κ2) is 6.16. The van der Waals surface area contributed by atoms with Gasteiger partial charge in [0.05, 0.1) is 44.4 Å². The van der Waals surface area contributed by atoms with Crippen LogP contribution in [0.3, 0.4) is 0 Å².